The minimum Gasteiger partial charge on any atom is -0.300 e. The minimum atomic E-state index is -0.0643. The van der Waals surface area contributed by atoms with E-state index < -0.39 is 0 Å². The Bertz CT molecular complexity index is 434. The Morgan fingerprint density at radius 1 is 1.41 bits per heavy atom. The van der Waals surface area contributed by atoms with Gasteiger partial charge in [0.05, 0.1) is 0 Å². The van der Waals surface area contributed by atoms with Crippen LogP contribution in [0.3, 0.4) is 0 Å². The third-order valence-electron chi connectivity index (χ3n) is 4.29. The van der Waals surface area contributed by atoms with Crippen LogP contribution in [0.2, 0.25) is 0 Å². The third kappa shape index (κ3) is 2.14. The first-order chi connectivity index (χ1) is 7.99. The van der Waals surface area contributed by atoms with Crippen molar-refractivity contribution in [2.45, 2.75) is 39.5 Å². The van der Waals surface area contributed by atoms with Gasteiger partial charge in [0.2, 0.25) is 0 Å². The highest BCUT2D eigenvalue weighted by atomic mass is 127. The normalized spacial score (nSPS) is 36.5. The highest BCUT2D eigenvalue weighted by Crippen LogP contribution is 2.53. The van der Waals surface area contributed by atoms with Crippen LogP contribution >= 0.6 is 22.6 Å². The number of hydrogen-bond acceptors (Lipinski definition) is 2. The van der Waals surface area contributed by atoms with Crippen molar-refractivity contribution in [2.24, 2.45) is 11.3 Å². The number of halogens is 1. The molecular formula is C14H17IO2. The van der Waals surface area contributed by atoms with E-state index in [9.17, 15) is 9.59 Å². The Labute approximate surface area is 116 Å². The molecule has 2 aliphatic carbocycles. The largest absolute Gasteiger partial charge is 0.300 e. The fourth-order valence-corrected chi connectivity index (χ4v) is 3.86. The molecular weight excluding hydrogens is 327 g/mol. The molecule has 0 radical (unpaired) electrons. The number of ketones is 2. The SMILES string of the molecule is CC(/C=C/I)=C1\C(=O)C[C@H]2CC(=O)CC[C@]12C. The molecule has 0 aliphatic heterocycles. The molecule has 0 aromatic heterocycles. The lowest BCUT2D eigenvalue weighted by Gasteiger charge is -2.36. The smallest absolute Gasteiger partial charge is 0.160 e. The molecule has 0 aromatic rings. The maximum absolute atomic E-state index is 12.2. The molecule has 2 nitrogen and oxygen atoms in total. The van der Waals surface area contributed by atoms with E-state index in [1.165, 1.54) is 0 Å². The van der Waals surface area contributed by atoms with Crippen LogP contribution < -0.4 is 0 Å². The van der Waals surface area contributed by atoms with Crippen LogP contribution in [-0.4, -0.2) is 11.6 Å². The van der Waals surface area contributed by atoms with Crippen LogP contribution in [0.25, 0.3) is 0 Å². The van der Waals surface area contributed by atoms with Crippen LogP contribution in [0.1, 0.15) is 39.5 Å². The molecule has 0 aromatic carbocycles. The monoisotopic (exact) mass is 344 g/mol. The van der Waals surface area contributed by atoms with E-state index in [4.69, 9.17) is 0 Å². The van der Waals surface area contributed by atoms with Crippen LogP contribution in [0, 0.1) is 11.3 Å². The number of carbonyl (C=O) groups is 2. The predicted molar refractivity (Wildman–Crippen MR) is 75.9 cm³/mol. The van der Waals surface area contributed by atoms with Gasteiger partial charge in [0.1, 0.15) is 5.78 Å². The molecule has 0 spiro atoms. The van der Waals surface area contributed by atoms with Gasteiger partial charge in [-0.05, 0) is 28.9 Å². The van der Waals surface area contributed by atoms with Crippen molar-refractivity contribution in [1.82, 2.24) is 0 Å². The first-order valence-electron chi connectivity index (χ1n) is 6.02. The van der Waals surface area contributed by atoms with E-state index >= 15 is 0 Å². The molecule has 2 rings (SSSR count). The molecule has 2 saturated carbocycles. The lowest BCUT2D eigenvalue weighted by molar-refractivity contribution is -0.123. The summed E-state index contributed by atoms with van der Waals surface area (Å²) in [4.78, 5) is 23.7. The van der Waals surface area contributed by atoms with Gasteiger partial charge >= 0.3 is 0 Å². The van der Waals surface area contributed by atoms with Crippen LogP contribution in [0.15, 0.2) is 21.3 Å². The summed E-state index contributed by atoms with van der Waals surface area (Å²) in [5.41, 5.74) is 1.98. The fourth-order valence-electron chi connectivity index (χ4n) is 3.32. The van der Waals surface area contributed by atoms with Crippen LogP contribution in [-0.2, 0) is 9.59 Å². The second kappa shape index (κ2) is 4.67. The maximum atomic E-state index is 12.2. The van der Waals surface area contributed by atoms with Crippen LogP contribution in [0.5, 0.6) is 0 Å². The number of hydrogen-bond donors (Lipinski definition) is 0. The highest BCUT2D eigenvalue weighted by molar-refractivity contribution is 14.1. The topological polar surface area (TPSA) is 34.1 Å². The van der Waals surface area contributed by atoms with Crippen molar-refractivity contribution < 1.29 is 9.59 Å². The van der Waals surface area contributed by atoms with E-state index in [0.717, 1.165) is 17.6 Å². The molecule has 2 aliphatic rings. The Hall–Kier alpha value is -0.450. The van der Waals surface area contributed by atoms with Gasteiger partial charge in [-0.15, -0.1) is 0 Å². The Balaban J connectivity index is 2.44. The van der Waals surface area contributed by atoms with Crippen molar-refractivity contribution in [2.75, 3.05) is 0 Å². The van der Waals surface area contributed by atoms with Gasteiger partial charge in [0, 0.05) is 30.3 Å². The number of carbonyl (C=O) groups excluding carboxylic acids is 2. The molecule has 0 saturated heterocycles. The average molecular weight is 344 g/mol. The van der Waals surface area contributed by atoms with Gasteiger partial charge in [-0.25, -0.2) is 0 Å². The van der Waals surface area contributed by atoms with E-state index in [-0.39, 0.29) is 17.1 Å². The predicted octanol–water partition coefficient (Wildman–Crippen LogP) is 3.60. The van der Waals surface area contributed by atoms with E-state index in [1.807, 2.05) is 17.1 Å². The number of allylic oxidation sites excluding steroid dienone is 3. The molecule has 17 heavy (non-hydrogen) atoms. The third-order valence-corrected chi connectivity index (χ3v) is 4.65. The second-order valence-corrected chi connectivity index (χ2v) is 6.05. The minimum absolute atomic E-state index is 0.0643. The molecule has 2 atom stereocenters. The van der Waals surface area contributed by atoms with Crippen molar-refractivity contribution in [1.29, 1.82) is 0 Å². The van der Waals surface area contributed by atoms with Crippen molar-refractivity contribution >= 4 is 34.2 Å². The quantitative estimate of drug-likeness (QED) is 0.538. The Kier molecular flexibility index (Phi) is 3.57. The summed E-state index contributed by atoms with van der Waals surface area (Å²) in [7, 11) is 0. The molecule has 0 heterocycles. The number of fused-ring (bicyclic) bond motifs is 1. The van der Waals surface area contributed by atoms with Crippen LogP contribution in [0.4, 0.5) is 0 Å². The fraction of sp³-hybridized carbons (Fsp3) is 0.571. The second-order valence-electron chi connectivity index (χ2n) is 5.34. The maximum Gasteiger partial charge on any atom is 0.160 e. The zero-order valence-electron chi connectivity index (χ0n) is 10.3. The molecule has 0 amide bonds. The van der Waals surface area contributed by atoms with E-state index in [0.29, 0.717) is 25.0 Å². The first kappa shape index (κ1) is 13.0. The zero-order chi connectivity index (χ0) is 12.6. The summed E-state index contributed by atoms with van der Waals surface area (Å²) in [5.74, 6) is 0.812. The molecule has 3 heteroatoms. The summed E-state index contributed by atoms with van der Waals surface area (Å²) in [6, 6.07) is 0. The van der Waals surface area contributed by atoms with Crippen molar-refractivity contribution in [3.63, 3.8) is 0 Å². The lowest BCUT2D eigenvalue weighted by Crippen LogP contribution is -2.31. The molecule has 2 fully saturated rings. The summed E-state index contributed by atoms with van der Waals surface area (Å²) < 4.78 is 1.94. The standard InChI is InChI=1S/C14H17IO2/c1-9(4-6-15)13-12(17)8-10-7-11(16)3-5-14(10,13)2/h4,6,10H,3,5,7-8H2,1-2H3/b6-4+,13-9-/t10-,14+/m1/s1. The van der Waals surface area contributed by atoms with Gasteiger partial charge in [-0.2, -0.15) is 0 Å². The average Bonchev–Trinajstić information content (AvgIpc) is 2.49. The summed E-state index contributed by atoms with van der Waals surface area (Å²) >= 11 is 2.17. The van der Waals surface area contributed by atoms with Crippen molar-refractivity contribution in [3.8, 4) is 0 Å². The number of Topliss-reactive ketones (excluding diaryl/α,β-unsaturated/α-hetero) is 2. The Morgan fingerprint density at radius 3 is 2.76 bits per heavy atom. The molecule has 0 unspecified atom stereocenters. The van der Waals surface area contributed by atoms with Gasteiger partial charge in [-0.1, -0.05) is 35.6 Å². The molecule has 0 N–H and O–H groups in total. The number of rotatable bonds is 1. The van der Waals surface area contributed by atoms with Gasteiger partial charge in [0.25, 0.3) is 0 Å². The zero-order valence-corrected chi connectivity index (χ0v) is 12.4. The Morgan fingerprint density at radius 2 is 2.12 bits per heavy atom. The van der Waals surface area contributed by atoms with Gasteiger partial charge < -0.3 is 0 Å². The summed E-state index contributed by atoms with van der Waals surface area (Å²) in [6.45, 7) is 4.17. The molecule has 92 valence electrons. The highest BCUT2D eigenvalue weighted by Gasteiger charge is 2.50. The summed E-state index contributed by atoms with van der Waals surface area (Å²) in [5, 5.41) is 0. The first-order valence-corrected chi connectivity index (χ1v) is 7.26. The van der Waals surface area contributed by atoms with Crippen molar-refractivity contribution in [3.05, 3.63) is 21.3 Å². The van der Waals surface area contributed by atoms with Gasteiger partial charge in [-0.3, -0.25) is 9.59 Å². The van der Waals surface area contributed by atoms with E-state index in [2.05, 4.69) is 29.5 Å². The lowest BCUT2D eigenvalue weighted by atomic mass is 9.66. The van der Waals surface area contributed by atoms with E-state index in [1.54, 1.807) is 0 Å². The molecule has 0 bridgehead atoms. The summed E-state index contributed by atoms with van der Waals surface area (Å²) in [6.07, 6.45) is 4.61. The van der Waals surface area contributed by atoms with Gasteiger partial charge in [0.15, 0.2) is 5.78 Å².